The monoisotopic (exact) mass is 438 g/mol. The van der Waals surface area contributed by atoms with E-state index in [4.69, 9.17) is 23.2 Å². The van der Waals surface area contributed by atoms with E-state index in [-0.39, 0.29) is 29.8 Å². The van der Waals surface area contributed by atoms with Crippen LogP contribution < -0.4 is 5.32 Å². The minimum Gasteiger partial charge on any atom is -0.351 e. The van der Waals surface area contributed by atoms with Crippen LogP contribution in [0.3, 0.4) is 0 Å². The van der Waals surface area contributed by atoms with E-state index in [1.165, 1.54) is 19.3 Å². The molecule has 0 bridgehead atoms. The lowest BCUT2D eigenvalue weighted by atomic mass is 9.91. The van der Waals surface area contributed by atoms with Gasteiger partial charge in [-0.3, -0.25) is 9.59 Å². The Hall–Kier alpha value is -1.26. The highest BCUT2D eigenvalue weighted by Crippen LogP contribution is 2.32. The number of halogens is 2. The van der Waals surface area contributed by atoms with Gasteiger partial charge >= 0.3 is 0 Å². The van der Waals surface area contributed by atoms with Crippen molar-refractivity contribution in [3.63, 3.8) is 0 Å². The topological polar surface area (TPSA) is 49.4 Å². The Kier molecular flexibility index (Phi) is 8.68. The predicted octanol–water partition coefficient (Wildman–Crippen LogP) is 5.62. The van der Waals surface area contributed by atoms with E-state index >= 15 is 0 Å². The summed E-state index contributed by atoms with van der Waals surface area (Å²) in [6.07, 6.45) is 11.9. The lowest BCUT2D eigenvalue weighted by Gasteiger charge is -2.39. The Balaban J connectivity index is 1.90. The third kappa shape index (κ3) is 6.11. The van der Waals surface area contributed by atoms with Gasteiger partial charge in [-0.15, -0.1) is 11.6 Å². The van der Waals surface area contributed by atoms with Crippen molar-refractivity contribution < 1.29 is 9.59 Å². The van der Waals surface area contributed by atoms with Gasteiger partial charge in [-0.2, -0.15) is 0 Å². The molecule has 3 rings (SSSR count). The van der Waals surface area contributed by atoms with E-state index in [9.17, 15) is 9.59 Å². The van der Waals surface area contributed by atoms with Gasteiger partial charge in [-0.25, -0.2) is 0 Å². The number of hydrogen-bond acceptors (Lipinski definition) is 2. The summed E-state index contributed by atoms with van der Waals surface area (Å²) in [5, 5.41) is 3.88. The second kappa shape index (κ2) is 11.2. The normalized spacial score (nSPS) is 19.9. The molecule has 0 aliphatic heterocycles. The molecule has 0 radical (unpaired) electrons. The molecule has 160 valence electrons. The Bertz CT molecular complexity index is 666. The second-order valence-corrected chi connectivity index (χ2v) is 9.08. The summed E-state index contributed by atoms with van der Waals surface area (Å²) >= 11 is 12.1. The molecule has 0 aromatic heterocycles. The summed E-state index contributed by atoms with van der Waals surface area (Å²) in [7, 11) is 0. The van der Waals surface area contributed by atoms with Crippen molar-refractivity contribution in [1.29, 1.82) is 0 Å². The van der Waals surface area contributed by atoms with Gasteiger partial charge in [0.15, 0.2) is 0 Å². The van der Waals surface area contributed by atoms with Crippen LogP contribution in [0.2, 0.25) is 5.02 Å². The van der Waals surface area contributed by atoms with Crippen molar-refractivity contribution in [3.05, 3.63) is 34.9 Å². The fraction of sp³-hybridized carbons (Fsp3) is 0.652. The summed E-state index contributed by atoms with van der Waals surface area (Å²) < 4.78 is 0. The van der Waals surface area contributed by atoms with Crippen molar-refractivity contribution in [2.45, 2.75) is 88.8 Å². The van der Waals surface area contributed by atoms with Gasteiger partial charge in [0, 0.05) is 17.1 Å². The molecule has 2 aliphatic rings. The van der Waals surface area contributed by atoms with Crippen LogP contribution in [0, 0.1) is 0 Å². The molecule has 0 heterocycles. The number of nitrogens with one attached hydrogen (secondary N) is 1. The highest BCUT2D eigenvalue weighted by Gasteiger charge is 2.37. The number of rotatable bonds is 6. The fourth-order valence-corrected chi connectivity index (χ4v) is 5.04. The minimum absolute atomic E-state index is 0.0514. The number of carbonyl (C=O) groups is 2. The molecule has 2 aliphatic carbocycles. The molecule has 1 aromatic rings. The highest BCUT2D eigenvalue weighted by atomic mass is 35.5. The van der Waals surface area contributed by atoms with Gasteiger partial charge in [-0.1, -0.05) is 68.7 Å². The predicted molar refractivity (Wildman–Crippen MR) is 118 cm³/mol. The molecule has 1 N–H and O–H groups in total. The maximum atomic E-state index is 13.5. The van der Waals surface area contributed by atoms with Gasteiger partial charge in [-0.05, 0) is 43.4 Å². The average Bonchev–Trinajstić information content (AvgIpc) is 3.01. The number of alkyl halides is 1. The van der Waals surface area contributed by atoms with Crippen molar-refractivity contribution in [2.24, 2.45) is 0 Å². The maximum Gasteiger partial charge on any atom is 0.247 e. The number of carbonyl (C=O) groups excluding carboxylic acids is 2. The zero-order valence-corrected chi connectivity index (χ0v) is 18.6. The Morgan fingerprint density at radius 3 is 2.07 bits per heavy atom. The van der Waals surface area contributed by atoms with E-state index < -0.39 is 6.04 Å². The molecular weight excluding hydrogens is 407 g/mol. The lowest BCUT2D eigenvalue weighted by molar-refractivity contribution is -0.143. The minimum atomic E-state index is -0.662. The summed E-state index contributed by atoms with van der Waals surface area (Å²) in [5.41, 5.74) is 0.796. The lowest BCUT2D eigenvalue weighted by Crippen LogP contribution is -2.51. The highest BCUT2D eigenvalue weighted by molar-refractivity contribution is 6.30. The summed E-state index contributed by atoms with van der Waals surface area (Å²) in [6.45, 7) is 0. The Labute approximate surface area is 184 Å². The van der Waals surface area contributed by atoms with Crippen LogP contribution in [0.5, 0.6) is 0 Å². The summed E-state index contributed by atoms with van der Waals surface area (Å²) in [4.78, 5) is 28.2. The zero-order valence-electron chi connectivity index (χ0n) is 17.0. The molecule has 1 atom stereocenters. The van der Waals surface area contributed by atoms with Crippen molar-refractivity contribution in [1.82, 2.24) is 10.2 Å². The number of hydrogen-bond donors (Lipinski definition) is 1. The first kappa shape index (κ1) is 22.4. The van der Waals surface area contributed by atoms with Gasteiger partial charge in [0.2, 0.25) is 11.8 Å². The first-order valence-electron chi connectivity index (χ1n) is 11.0. The quantitative estimate of drug-likeness (QED) is 0.462. The van der Waals surface area contributed by atoms with Gasteiger partial charge < -0.3 is 10.2 Å². The molecule has 0 saturated heterocycles. The van der Waals surface area contributed by atoms with Crippen LogP contribution in [0.1, 0.15) is 82.2 Å². The van der Waals surface area contributed by atoms with E-state index in [0.29, 0.717) is 5.02 Å². The van der Waals surface area contributed by atoms with Crippen molar-refractivity contribution in [2.75, 3.05) is 5.88 Å². The standard InChI is InChI=1S/C23H32Cl2N2O2/c24-16-21(28)27(20-10-6-3-7-11-20)22(17-12-14-18(25)15-13-17)23(29)26-19-8-4-1-2-5-9-19/h12-15,19-20,22H,1-11,16H2,(H,26,29)/t22-/m0/s1. The smallest absolute Gasteiger partial charge is 0.247 e. The average molecular weight is 439 g/mol. The maximum absolute atomic E-state index is 13.5. The van der Waals surface area contributed by atoms with Crippen LogP contribution >= 0.6 is 23.2 Å². The SMILES string of the molecule is O=C(NC1CCCCCC1)[C@H](c1ccc(Cl)cc1)N(C(=O)CCl)C1CCCCC1. The van der Waals surface area contributed by atoms with Gasteiger partial charge in [0.25, 0.3) is 0 Å². The fourth-order valence-electron chi connectivity index (χ4n) is 4.77. The number of amides is 2. The molecule has 2 fully saturated rings. The zero-order chi connectivity index (χ0) is 20.6. The number of benzene rings is 1. The first-order chi connectivity index (χ1) is 14.1. The molecule has 2 saturated carbocycles. The second-order valence-electron chi connectivity index (χ2n) is 8.38. The van der Waals surface area contributed by atoms with E-state index in [0.717, 1.165) is 56.9 Å². The third-order valence-corrected chi connectivity index (χ3v) is 6.76. The Morgan fingerprint density at radius 1 is 0.931 bits per heavy atom. The molecule has 2 amide bonds. The Morgan fingerprint density at radius 2 is 1.48 bits per heavy atom. The molecule has 29 heavy (non-hydrogen) atoms. The largest absolute Gasteiger partial charge is 0.351 e. The van der Waals surface area contributed by atoms with Crippen LogP contribution in [0.4, 0.5) is 0 Å². The van der Waals surface area contributed by atoms with Crippen LogP contribution in [-0.2, 0) is 9.59 Å². The molecule has 0 spiro atoms. The van der Waals surface area contributed by atoms with E-state index in [1.54, 1.807) is 17.0 Å². The van der Waals surface area contributed by atoms with E-state index in [1.807, 2.05) is 12.1 Å². The molecule has 6 heteroatoms. The van der Waals surface area contributed by atoms with Crippen LogP contribution in [0.25, 0.3) is 0 Å². The first-order valence-corrected chi connectivity index (χ1v) is 11.9. The summed E-state index contributed by atoms with van der Waals surface area (Å²) in [6, 6.07) is 6.85. The molecule has 1 aromatic carbocycles. The van der Waals surface area contributed by atoms with E-state index in [2.05, 4.69) is 5.32 Å². The third-order valence-electron chi connectivity index (χ3n) is 6.28. The van der Waals surface area contributed by atoms with Gasteiger partial charge in [0.05, 0.1) is 0 Å². The molecular formula is C23H32Cl2N2O2. The van der Waals surface area contributed by atoms with Crippen molar-refractivity contribution >= 4 is 35.0 Å². The molecule has 4 nitrogen and oxygen atoms in total. The van der Waals surface area contributed by atoms with Gasteiger partial charge in [0.1, 0.15) is 11.9 Å². The molecule has 0 unspecified atom stereocenters. The summed E-state index contributed by atoms with van der Waals surface area (Å²) in [5.74, 6) is -0.380. The van der Waals surface area contributed by atoms with Crippen LogP contribution in [0.15, 0.2) is 24.3 Å². The number of nitrogens with zero attached hydrogens (tertiary/aromatic N) is 1. The van der Waals surface area contributed by atoms with Crippen LogP contribution in [-0.4, -0.2) is 34.7 Å². The van der Waals surface area contributed by atoms with Crippen molar-refractivity contribution in [3.8, 4) is 0 Å².